The number of halogens is 4. The Labute approximate surface area is 110 Å². The van der Waals surface area contributed by atoms with Gasteiger partial charge in [-0.25, -0.2) is 14.2 Å². The zero-order chi connectivity index (χ0) is 14.9. The third kappa shape index (κ3) is 2.63. The number of nitrogens with zero attached hydrogens (tertiary/aromatic N) is 1. The number of rotatable bonds is 2. The third-order valence-electron chi connectivity index (χ3n) is 2.35. The van der Waals surface area contributed by atoms with Crippen LogP contribution in [0.4, 0.5) is 17.6 Å². The highest BCUT2D eigenvalue weighted by atomic mass is 19.4. The smallest absolute Gasteiger partial charge is 0.452 e. The number of aromatic nitrogens is 1. The zero-order valence-electron chi connectivity index (χ0n) is 9.99. The molecule has 0 amide bonds. The second-order valence-corrected chi connectivity index (χ2v) is 3.69. The van der Waals surface area contributed by atoms with Crippen molar-refractivity contribution >= 4 is 5.97 Å². The molecule has 1 heterocycles. The molecule has 2 aromatic rings. The Morgan fingerprint density at radius 1 is 1.25 bits per heavy atom. The summed E-state index contributed by atoms with van der Waals surface area (Å²) in [5, 5.41) is 0. The van der Waals surface area contributed by atoms with Gasteiger partial charge < -0.3 is 9.15 Å². The van der Waals surface area contributed by atoms with Crippen LogP contribution in [-0.2, 0) is 10.9 Å². The second-order valence-electron chi connectivity index (χ2n) is 3.69. The number of carbonyl (C=O) groups is 1. The number of esters is 1. The van der Waals surface area contributed by atoms with Crippen molar-refractivity contribution in [3.63, 3.8) is 0 Å². The van der Waals surface area contributed by atoms with Crippen LogP contribution in [0.5, 0.6) is 0 Å². The van der Waals surface area contributed by atoms with Crippen molar-refractivity contribution in [2.45, 2.75) is 6.18 Å². The van der Waals surface area contributed by atoms with Crippen LogP contribution in [0.25, 0.3) is 11.5 Å². The molecule has 0 N–H and O–H groups in total. The quantitative estimate of drug-likeness (QED) is 0.629. The van der Waals surface area contributed by atoms with Crippen LogP contribution in [0, 0.1) is 5.82 Å². The highest BCUT2D eigenvalue weighted by molar-refractivity contribution is 5.89. The van der Waals surface area contributed by atoms with Gasteiger partial charge in [0.1, 0.15) is 5.82 Å². The van der Waals surface area contributed by atoms with E-state index in [0.717, 1.165) is 19.2 Å². The number of oxazole rings is 1. The lowest BCUT2D eigenvalue weighted by Crippen LogP contribution is -2.12. The van der Waals surface area contributed by atoms with E-state index >= 15 is 0 Å². The van der Waals surface area contributed by atoms with Crippen LogP contribution < -0.4 is 0 Å². The van der Waals surface area contributed by atoms with Gasteiger partial charge in [-0.05, 0) is 24.3 Å². The van der Waals surface area contributed by atoms with E-state index in [2.05, 4.69) is 14.1 Å². The Bertz CT molecular complexity index is 631. The predicted octanol–water partition coefficient (Wildman–Crippen LogP) is 3.29. The van der Waals surface area contributed by atoms with Gasteiger partial charge in [-0.1, -0.05) is 0 Å². The molecule has 0 aliphatic carbocycles. The van der Waals surface area contributed by atoms with Crippen molar-refractivity contribution in [2.75, 3.05) is 7.11 Å². The zero-order valence-corrected chi connectivity index (χ0v) is 9.99. The summed E-state index contributed by atoms with van der Waals surface area (Å²) in [6, 6.07) is 4.43. The first kappa shape index (κ1) is 14.0. The standard InChI is InChI=1S/C12H7F4NO3/c1-19-11(18)8-9(12(14,15)16)20-10(17-8)6-2-4-7(13)5-3-6/h2-5H,1H3. The van der Waals surface area contributed by atoms with Crippen molar-refractivity contribution in [1.82, 2.24) is 4.98 Å². The van der Waals surface area contributed by atoms with Gasteiger partial charge in [0.2, 0.25) is 11.7 Å². The number of benzene rings is 1. The molecule has 4 nitrogen and oxygen atoms in total. The lowest BCUT2D eigenvalue weighted by Gasteiger charge is -2.02. The van der Waals surface area contributed by atoms with Crippen LogP contribution in [0.1, 0.15) is 16.2 Å². The first-order chi connectivity index (χ1) is 9.32. The van der Waals surface area contributed by atoms with E-state index in [9.17, 15) is 22.4 Å². The fraction of sp³-hybridized carbons (Fsp3) is 0.167. The lowest BCUT2D eigenvalue weighted by molar-refractivity contribution is -0.153. The summed E-state index contributed by atoms with van der Waals surface area (Å²) in [6.45, 7) is 0. The molecule has 0 bridgehead atoms. The second kappa shape index (κ2) is 4.95. The Morgan fingerprint density at radius 2 is 1.85 bits per heavy atom. The van der Waals surface area contributed by atoms with Crippen molar-refractivity contribution in [2.24, 2.45) is 0 Å². The fourth-order valence-corrected chi connectivity index (χ4v) is 1.46. The minimum Gasteiger partial charge on any atom is -0.464 e. The lowest BCUT2D eigenvalue weighted by atomic mass is 10.2. The SMILES string of the molecule is COC(=O)c1nc(-c2ccc(F)cc2)oc1C(F)(F)F. The van der Waals surface area contributed by atoms with Crippen molar-refractivity contribution in [3.8, 4) is 11.5 Å². The molecular weight excluding hydrogens is 282 g/mol. The van der Waals surface area contributed by atoms with Gasteiger partial charge in [-0.2, -0.15) is 13.2 Å². The Hall–Kier alpha value is -2.38. The van der Waals surface area contributed by atoms with Gasteiger partial charge in [0, 0.05) is 5.56 Å². The predicted molar refractivity (Wildman–Crippen MR) is 58.2 cm³/mol. The van der Waals surface area contributed by atoms with E-state index in [1.54, 1.807) is 0 Å². The molecule has 0 saturated heterocycles. The maximum Gasteiger partial charge on any atom is 0.452 e. The molecule has 0 unspecified atom stereocenters. The van der Waals surface area contributed by atoms with Crippen molar-refractivity contribution < 1.29 is 31.5 Å². The molecular formula is C12H7F4NO3. The minimum atomic E-state index is -4.89. The molecule has 2 rings (SSSR count). The summed E-state index contributed by atoms with van der Waals surface area (Å²) in [7, 11) is 0.925. The molecule has 0 radical (unpaired) electrons. The van der Waals surface area contributed by atoms with Gasteiger partial charge in [0.25, 0.3) is 0 Å². The van der Waals surface area contributed by atoms with Gasteiger partial charge >= 0.3 is 12.1 Å². The fourth-order valence-electron chi connectivity index (χ4n) is 1.46. The summed E-state index contributed by atoms with van der Waals surface area (Å²) in [4.78, 5) is 14.7. The molecule has 0 saturated carbocycles. The molecule has 106 valence electrons. The molecule has 20 heavy (non-hydrogen) atoms. The van der Waals surface area contributed by atoms with E-state index in [1.807, 2.05) is 0 Å². The van der Waals surface area contributed by atoms with Crippen molar-refractivity contribution in [3.05, 3.63) is 41.5 Å². The van der Waals surface area contributed by atoms with Gasteiger partial charge in [-0.3, -0.25) is 0 Å². The molecule has 0 spiro atoms. The highest BCUT2D eigenvalue weighted by Crippen LogP contribution is 2.35. The average molecular weight is 289 g/mol. The Morgan fingerprint density at radius 3 is 2.35 bits per heavy atom. The summed E-state index contributed by atoms with van der Waals surface area (Å²) in [5.41, 5.74) is -0.869. The van der Waals surface area contributed by atoms with Crippen LogP contribution in [0.15, 0.2) is 28.7 Å². The highest BCUT2D eigenvalue weighted by Gasteiger charge is 2.42. The maximum absolute atomic E-state index is 12.8. The number of methoxy groups -OCH3 is 1. The number of carbonyl (C=O) groups excluding carboxylic acids is 1. The first-order valence-electron chi connectivity index (χ1n) is 5.25. The summed E-state index contributed by atoms with van der Waals surface area (Å²) in [6.07, 6.45) is -4.89. The maximum atomic E-state index is 12.8. The van der Waals surface area contributed by atoms with Gasteiger partial charge in [0.15, 0.2) is 5.69 Å². The molecule has 0 aliphatic heterocycles. The Balaban J connectivity index is 2.54. The minimum absolute atomic E-state index is 0.104. The van der Waals surface area contributed by atoms with Gasteiger partial charge in [0.05, 0.1) is 7.11 Å². The number of hydrogen-bond donors (Lipinski definition) is 0. The Kier molecular flexibility index (Phi) is 3.47. The molecule has 8 heteroatoms. The van der Waals surface area contributed by atoms with E-state index in [0.29, 0.717) is 0 Å². The van der Waals surface area contributed by atoms with E-state index in [-0.39, 0.29) is 5.56 Å². The summed E-state index contributed by atoms with van der Waals surface area (Å²) in [5.74, 6) is -3.83. The van der Waals surface area contributed by atoms with Crippen LogP contribution in [0.2, 0.25) is 0 Å². The summed E-state index contributed by atoms with van der Waals surface area (Å²) >= 11 is 0. The molecule has 1 aromatic heterocycles. The van der Waals surface area contributed by atoms with Crippen LogP contribution in [-0.4, -0.2) is 18.1 Å². The van der Waals surface area contributed by atoms with Crippen LogP contribution in [0.3, 0.4) is 0 Å². The summed E-state index contributed by atoms with van der Waals surface area (Å²) < 4.78 is 59.8. The normalized spacial score (nSPS) is 11.4. The first-order valence-corrected chi connectivity index (χ1v) is 5.25. The topological polar surface area (TPSA) is 52.3 Å². The van der Waals surface area contributed by atoms with Crippen molar-refractivity contribution in [1.29, 1.82) is 0 Å². The van der Waals surface area contributed by atoms with E-state index in [4.69, 9.17) is 0 Å². The number of ether oxygens (including phenoxy) is 1. The molecule has 0 fully saturated rings. The number of hydrogen-bond acceptors (Lipinski definition) is 4. The van der Waals surface area contributed by atoms with E-state index < -0.39 is 35.3 Å². The molecule has 0 atom stereocenters. The molecule has 1 aromatic carbocycles. The monoisotopic (exact) mass is 289 g/mol. The average Bonchev–Trinajstić information content (AvgIpc) is 2.83. The van der Waals surface area contributed by atoms with E-state index in [1.165, 1.54) is 12.1 Å². The molecule has 0 aliphatic rings. The third-order valence-corrected chi connectivity index (χ3v) is 2.35. The van der Waals surface area contributed by atoms with Gasteiger partial charge in [-0.15, -0.1) is 0 Å². The largest absolute Gasteiger partial charge is 0.464 e. The van der Waals surface area contributed by atoms with Crippen LogP contribution >= 0.6 is 0 Å². The number of alkyl halides is 3.